The molecule has 4 rings (SSSR count). The Morgan fingerprint density at radius 2 is 1.77 bits per heavy atom. The van der Waals surface area contributed by atoms with E-state index in [0.29, 0.717) is 23.5 Å². The first-order valence-electron chi connectivity index (χ1n) is 10.2. The smallest absolute Gasteiger partial charge is 0.374 e. The molecule has 0 bridgehead atoms. The van der Waals surface area contributed by atoms with E-state index in [2.05, 4.69) is 19.9 Å². The summed E-state index contributed by atoms with van der Waals surface area (Å²) in [6.45, 7) is 5.86. The molecule has 4 nitrogen and oxygen atoms in total. The highest BCUT2D eigenvalue weighted by atomic mass is 16.5. The summed E-state index contributed by atoms with van der Waals surface area (Å²) in [5.74, 6) is 1.05. The van der Waals surface area contributed by atoms with E-state index in [4.69, 9.17) is 4.74 Å². The van der Waals surface area contributed by atoms with Crippen molar-refractivity contribution in [1.82, 2.24) is 0 Å². The quantitative estimate of drug-likeness (QED) is 0.425. The molecule has 4 aliphatic carbocycles. The minimum atomic E-state index is -0.703. The molecule has 0 spiro atoms. The van der Waals surface area contributed by atoms with Crippen LogP contribution in [0.15, 0.2) is 11.6 Å². The van der Waals surface area contributed by atoms with Crippen LogP contribution in [0.2, 0.25) is 0 Å². The third kappa shape index (κ3) is 2.51. The van der Waals surface area contributed by atoms with Crippen LogP contribution in [0.5, 0.6) is 0 Å². The van der Waals surface area contributed by atoms with Crippen molar-refractivity contribution < 1.29 is 19.1 Å². The van der Waals surface area contributed by atoms with E-state index in [1.54, 1.807) is 0 Å². The summed E-state index contributed by atoms with van der Waals surface area (Å²) < 4.78 is 5.41. The molecule has 142 valence electrons. The second kappa shape index (κ2) is 6.03. The van der Waals surface area contributed by atoms with Crippen molar-refractivity contribution in [3.8, 4) is 0 Å². The van der Waals surface area contributed by atoms with Gasteiger partial charge in [-0.05, 0) is 61.7 Å². The monoisotopic (exact) mass is 358 g/mol. The van der Waals surface area contributed by atoms with Gasteiger partial charge in [0.2, 0.25) is 5.78 Å². The van der Waals surface area contributed by atoms with Crippen LogP contribution in [0, 0.1) is 28.6 Å². The molecule has 0 saturated heterocycles. The Labute approximate surface area is 155 Å². The molecule has 4 unspecified atom stereocenters. The third-order valence-electron chi connectivity index (χ3n) is 8.33. The van der Waals surface area contributed by atoms with Gasteiger partial charge in [0.15, 0.2) is 0 Å². The fourth-order valence-corrected chi connectivity index (χ4v) is 6.73. The van der Waals surface area contributed by atoms with Crippen LogP contribution in [-0.4, -0.2) is 23.6 Å². The van der Waals surface area contributed by atoms with Crippen LogP contribution in [0.25, 0.3) is 0 Å². The molecule has 0 aliphatic heterocycles. The molecule has 3 saturated carbocycles. The number of rotatable bonds is 2. The maximum absolute atomic E-state index is 12.5. The van der Waals surface area contributed by atoms with Gasteiger partial charge in [-0.15, -0.1) is 0 Å². The van der Waals surface area contributed by atoms with Crippen molar-refractivity contribution in [2.45, 2.75) is 78.2 Å². The lowest BCUT2D eigenvalue weighted by Crippen LogP contribution is -2.50. The van der Waals surface area contributed by atoms with Gasteiger partial charge in [0.25, 0.3) is 0 Å². The van der Waals surface area contributed by atoms with E-state index >= 15 is 0 Å². The first-order valence-corrected chi connectivity index (χ1v) is 10.2. The SMILES string of the molecule is CC(=O)C(=O)OC1CC[C@@]2(C)C(=CCC3C2CC[C@]2(C)C(=O)CCC32)C1. The van der Waals surface area contributed by atoms with E-state index in [0.717, 1.165) is 51.4 Å². The van der Waals surface area contributed by atoms with E-state index in [1.807, 2.05) is 0 Å². The van der Waals surface area contributed by atoms with Gasteiger partial charge in [-0.1, -0.05) is 25.5 Å². The fourth-order valence-electron chi connectivity index (χ4n) is 6.73. The first kappa shape index (κ1) is 17.9. The standard InChI is InChI=1S/C22H30O4/c1-13(23)20(25)26-15-8-10-21(2)14(12-15)4-5-16-17-6-7-19(24)22(17,3)11-9-18(16)21/h4,15-18H,5-12H2,1-3H3/t15?,16?,17?,18?,21-,22-/m0/s1. The number of carbonyl (C=O) groups is 3. The summed E-state index contributed by atoms with van der Waals surface area (Å²) in [6.07, 6.45) is 9.86. The maximum Gasteiger partial charge on any atom is 0.374 e. The van der Waals surface area contributed by atoms with Gasteiger partial charge in [0.1, 0.15) is 11.9 Å². The lowest BCUT2D eigenvalue weighted by molar-refractivity contribution is -0.158. The summed E-state index contributed by atoms with van der Waals surface area (Å²) in [6, 6.07) is 0. The summed E-state index contributed by atoms with van der Waals surface area (Å²) >= 11 is 0. The lowest BCUT2D eigenvalue weighted by atomic mass is 9.48. The Morgan fingerprint density at radius 3 is 2.50 bits per heavy atom. The highest BCUT2D eigenvalue weighted by Crippen LogP contribution is 2.64. The van der Waals surface area contributed by atoms with Crippen LogP contribution < -0.4 is 0 Å². The number of carbonyl (C=O) groups excluding carboxylic acids is 3. The Morgan fingerprint density at radius 1 is 1.08 bits per heavy atom. The van der Waals surface area contributed by atoms with Gasteiger partial charge in [0, 0.05) is 25.2 Å². The largest absolute Gasteiger partial charge is 0.456 e. The van der Waals surface area contributed by atoms with Gasteiger partial charge in [-0.3, -0.25) is 9.59 Å². The van der Waals surface area contributed by atoms with Gasteiger partial charge in [-0.25, -0.2) is 4.79 Å². The molecule has 0 amide bonds. The average molecular weight is 358 g/mol. The number of hydrogen-bond donors (Lipinski definition) is 0. The fraction of sp³-hybridized carbons (Fsp3) is 0.773. The third-order valence-corrected chi connectivity index (χ3v) is 8.33. The number of ketones is 2. The molecule has 4 aliphatic rings. The molecule has 3 fully saturated rings. The van der Waals surface area contributed by atoms with Crippen LogP contribution >= 0.6 is 0 Å². The molecule has 6 atom stereocenters. The Hall–Kier alpha value is -1.45. The van der Waals surface area contributed by atoms with Gasteiger partial charge in [-0.2, -0.15) is 0 Å². The second-order valence-corrected chi connectivity index (χ2v) is 9.50. The lowest BCUT2D eigenvalue weighted by Gasteiger charge is -2.56. The molecule has 0 aromatic carbocycles. The summed E-state index contributed by atoms with van der Waals surface area (Å²) in [5, 5.41) is 0. The molecular formula is C22H30O4. The first-order chi connectivity index (χ1) is 12.3. The minimum Gasteiger partial charge on any atom is -0.456 e. The van der Waals surface area contributed by atoms with Crippen molar-refractivity contribution >= 4 is 17.5 Å². The number of hydrogen-bond acceptors (Lipinski definition) is 4. The molecule has 0 N–H and O–H groups in total. The van der Waals surface area contributed by atoms with Crippen molar-refractivity contribution in [2.24, 2.45) is 28.6 Å². The number of allylic oxidation sites excluding steroid dienone is 1. The van der Waals surface area contributed by atoms with Crippen LogP contribution in [0.3, 0.4) is 0 Å². The number of fused-ring (bicyclic) bond motifs is 5. The van der Waals surface area contributed by atoms with Crippen molar-refractivity contribution in [3.63, 3.8) is 0 Å². The summed E-state index contributed by atoms with van der Waals surface area (Å²) in [5.41, 5.74) is 1.49. The molecular weight excluding hydrogens is 328 g/mol. The summed E-state index contributed by atoms with van der Waals surface area (Å²) in [7, 11) is 0. The predicted molar refractivity (Wildman–Crippen MR) is 97.3 cm³/mol. The number of Topliss-reactive ketones (excluding diaryl/α,β-unsaturated/α-hetero) is 2. The number of esters is 1. The molecule has 26 heavy (non-hydrogen) atoms. The van der Waals surface area contributed by atoms with Crippen LogP contribution in [0.1, 0.15) is 72.1 Å². The maximum atomic E-state index is 12.5. The second-order valence-electron chi connectivity index (χ2n) is 9.50. The van der Waals surface area contributed by atoms with E-state index < -0.39 is 11.8 Å². The zero-order valence-corrected chi connectivity index (χ0v) is 16.2. The van der Waals surface area contributed by atoms with Crippen molar-refractivity contribution in [2.75, 3.05) is 0 Å². The van der Waals surface area contributed by atoms with Gasteiger partial charge < -0.3 is 4.74 Å². The minimum absolute atomic E-state index is 0.0862. The Balaban J connectivity index is 1.55. The van der Waals surface area contributed by atoms with Crippen molar-refractivity contribution in [1.29, 1.82) is 0 Å². The van der Waals surface area contributed by atoms with E-state index in [9.17, 15) is 14.4 Å². The topological polar surface area (TPSA) is 60.4 Å². The molecule has 0 radical (unpaired) electrons. The highest BCUT2D eigenvalue weighted by molar-refractivity contribution is 6.32. The van der Waals surface area contributed by atoms with Crippen LogP contribution in [-0.2, 0) is 19.1 Å². The van der Waals surface area contributed by atoms with Gasteiger partial charge >= 0.3 is 5.97 Å². The predicted octanol–water partition coefficient (Wildman–Crippen LogP) is 4.02. The van der Waals surface area contributed by atoms with E-state index in [-0.39, 0.29) is 16.9 Å². The van der Waals surface area contributed by atoms with Crippen LogP contribution in [0.4, 0.5) is 0 Å². The Kier molecular flexibility index (Phi) is 4.16. The normalized spacial score (nSPS) is 44.4. The zero-order chi connectivity index (χ0) is 18.7. The number of ether oxygens (including phenoxy) is 1. The molecule has 0 aromatic rings. The summed E-state index contributed by atoms with van der Waals surface area (Å²) in [4.78, 5) is 35.3. The molecule has 0 heterocycles. The molecule has 0 aromatic heterocycles. The Bertz CT molecular complexity index is 692. The average Bonchev–Trinajstić information content (AvgIpc) is 2.90. The molecule has 4 heteroatoms. The van der Waals surface area contributed by atoms with E-state index in [1.165, 1.54) is 12.5 Å². The van der Waals surface area contributed by atoms with Crippen molar-refractivity contribution in [3.05, 3.63) is 11.6 Å². The van der Waals surface area contributed by atoms with Gasteiger partial charge in [0.05, 0.1) is 0 Å². The highest BCUT2D eigenvalue weighted by Gasteiger charge is 2.58. The zero-order valence-electron chi connectivity index (χ0n) is 16.2.